The van der Waals surface area contributed by atoms with Gasteiger partial charge in [-0.05, 0) is 54.6 Å². The summed E-state index contributed by atoms with van der Waals surface area (Å²) < 4.78 is 5.08. The van der Waals surface area contributed by atoms with Gasteiger partial charge in [-0.2, -0.15) is 0 Å². The summed E-state index contributed by atoms with van der Waals surface area (Å²) in [5, 5.41) is 15.6. The fourth-order valence-electron chi connectivity index (χ4n) is 2.53. The van der Waals surface area contributed by atoms with Crippen LogP contribution < -0.4 is 15.4 Å². The van der Waals surface area contributed by atoms with Crippen molar-refractivity contribution in [2.45, 2.75) is 0 Å². The van der Waals surface area contributed by atoms with Crippen LogP contribution >= 0.6 is 11.6 Å². The molecule has 142 valence electrons. The number of carbonyl (C=O) groups excluding carboxylic acids is 2. The topological polar surface area (TPSA) is 87.7 Å². The number of aromatic hydroxyl groups is 1. The molecule has 0 aliphatic heterocycles. The van der Waals surface area contributed by atoms with Gasteiger partial charge in [0.2, 0.25) is 0 Å². The van der Waals surface area contributed by atoms with E-state index in [4.69, 9.17) is 16.3 Å². The first-order valence-corrected chi connectivity index (χ1v) is 8.70. The van der Waals surface area contributed by atoms with E-state index in [1.807, 2.05) is 0 Å². The molecule has 0 fully saturated rings. The molecule has 3 rings (SSSR count). The van der Waals surface area contributed by atoms with Crippen molar-refractivity contribution >= 4 is 34.8 Å². The van der Waals surface area contributed by atoms with Crippen molar-refractivity contribution in [1.29, 1.82) is 0 Å². The number of rotatable bonds is 5. The van der Waals surface area contributed by atoms with Crippen LogP contribution in [0.25, 0.3) is 0 Å². The molecular formula is C21H17ClN2O4. The van der Waals surface area contributed by atoms with Crippen LogP contribution in [0.2, 0.25) is 5.02 Å². The SMILES string of the molecule is COc1ccc(C(=O)Nc2ccccc2C(=O)Nc2cc(Cl)ccc2O)cc1. The van der Waals surface area contributed by atoms with Crippen LogP contribution in [0.5, 0.6) is 11.5 Å². The van der Waals surface area contributed by atoms with Crippen molar-refractivity contribution in [3.05, 3.63) is 82.9 Å². The zero-order chi connectivity index (χ0) is 20.1. The molecule has 0 aliphatic rings. The van der Waals surface area contributed by atoms with Crippen LogP contribution in [0.3, 0.4) is 0 Å². The van der Waals surface area contributed by atoms with Crippen LogP contribution in [-0.2, 0) is 0 Å². The third-order valence-electron chi connectivity index (χ3n) is 3.98. The van der Waals surface area contributed by atoms with Crippen molar-refractivity contribution < 1.29 is 19.4 Å². The maximum absolute atomic E-state index is 12.7. The standard InChI is InChI=1S/C21H17ClN2O4/c1-28-15-9-6-13(7-10-15)20(26)23-17-5-3-2-4-16(17)21(27)24-18-12-14(22)8-11-19(18)25/h2-12,25H,1H3,(H,23,26)(H,24,27). The number of carbonyl (C=O) groups is 2. The molecule has 0 aromatic heterocycles. The highest BCUT2D eigenvalue weighted by Gasteiger charge is 2.16. The van der Waals surface area contributed by atoms with Crippen LogP contribution in [0, 0.1) is 0 Å². The number of anilines is 2. The van der Waals surface area contributed by atoms with E-state index in [1.165, 1.54) is 18.2 Å². The molecule has 3 aromatic carbocycles. The molecular weight excluding hydrogens is 380 g/mol. The van der Waals surface area contributed by atoms with Crippen LogP contribution in [-0.4, -0.2) is 24.0 Å². The normalized spacial score (nSPS) is 10.2. The van der Waals surface area contributed by atoms with Gasteiger partial charge in [0.15, 0.2) is 0 Å². The molecule has 0 bridgehead atoms. The largest absolute Gasteiger partial charge is 0.506 e. The number of hydrogen-bond acceptors (Lipinski definition) is 4. The highest BCUT2D eigenvalue weighted by atomic mass is 35.5. The third kappa shape index (κ3) is 4.42. The second-order valence-corrected chi connectivity index (χ2v) is 6.28. The van der Waals surface area contributed by atoms with Crippen molar-refractivity contribution in [1.82, 2.24) is 0 Å². The summed E-state index contributed by atoms with van der Waals surface area (Å²) in [6, 6.07) is 17.5. The minimum atomic E-state index is -0.497. The van der Waals surface area contributed by atoms with Crippen molar-refractivity contribution in [3.8, 4) is 11.5 Å². The molecule has 7 heteroatoms. The van der Waals surface area contributed by atoms with Crippen LogP contribution in [0.15, 0.2) is 66.7 Å². The monoisotopic (exact) mass is 396 g/mol. The fourth-order valence-corrected chi connectivity index (χ4v) is 2.70. The molecule has 3 aromatic rings. The minimum absolute atomic E-state index is 0.113. The first-order valence-electron chi connectivity index (χ1n) is 8.32. The van der Waals surface area contributed by atoms with E-state index in [2.05, 4.69) is 10.6 Å². The van der Waals surface area contributed by atoms with E-state index < -0.39 is 5.91 Å². The first-order chi connectivity index (χ1) is 13.5. The summed E-state index contributed by atoms with van der Waals surface area (Å²) in [5.41, 5.74) is 1.17. The smallest absolute Gasteiger partial charge is 0.257 e. The summed E-state index contributed by atoms with van der Waals surface area (Å²) in [7, 11) is 1.54. The minimum Gasteiger partial charge on any atom is -0.506 e. The number of benzene rings is 3. The zero-order valence-electron chi connectivity index (χ0n) is 14.9. The van der Waals surface area contributed by atoms with Gasteiger partial charge < -0.3 is 20.5 Å². The predicted molar refractivity (Wildman–Crippen MR) is 108 cm³/mol. The van der Waals surface area contributed by atoms with Gasteiger partial charge in [0.05, 0.1) is 24.0 Å². The molecule has 0 heterocycles. The molecule has 0 unspecified atom stereocenters. The van der Waals surface area contributed by atoms with Crippen molar-refractivity contribution in [2.24, 2.45) is 0 Å². The van der Waals surface area contributed by atoms with Gasteiger partial charge in [0.25, 0.3) is 11.8 Å². The van der Waals surface area contributed by atoms with Gasteiger partial charge >= 0.3 is 0 Å². The molecule has 0 radical (unpaired) electrons. The maximum atomic E-state index is 12.7. The van der Waals surface area contributed by atoms with Crippen molar-refractivity contribution in [3.63, 3.8) is 0 Å². The average molecular weight is 397 g/mol. The molecule has 0 spiro atoms. The number of phenols is 1. The maximum Gasteiger partial charge on any atom is 0.257 e. The molecule has 0 aliphatic carbocycles. The van der Waals surface area contributed by atoms with E-state index in [-0.39, 0.29) is 22.9 Å². The van der Waals surface area contributed by atoms with Gasteiger partial charge in [-0.3, -0.25) is 9.59 Å². The van der Waals surface area contributed by atoms with Gasteiger partial charge in [0.1, 0.15) is 11.5 Å². The summed E-state index contributed by atoms with van der Waals surface area (Å²) in [5.74, 6) is -0.341. The van der Waals surface area contributed by atoms with Crippen LogP contribution in [0.1, 0.15) is 20.7 Å². The molecule has 2 amide bonds. The molecule has 6 nitrogen and oxygen atoms in total. The Morgan fingerprint density at radius 2 is 1.57 bits per heavy atom. The highest BCUT2D eigenvalue weighted by Crippen LogP contribution is 2.28. The second-order valence-electron chi connectivity index (χ2n) is 5.84. The Labute approximate surface area is 166 Å². The second kappa shape index (κ2) is 8.45. The molecule has 3 N–H and O–H groups in total. The average Bonchev–Trinajstić information content (AvgIpc) is 2.71. The number of phenolic OH excluding ortho intramolecular Hbond substituents is 1. The van der Waals surface area contributed by atoms with E-state index in [0.29, 0.717) is 22.0 Å². The van der Waals surface area contributed by atoms with E-state index >= 15 is 0 Å². The first kappa shape index (κ1) is 19.3. The van der Waals surface area contributed by atoms with E-state index in [9.17, 15) is 14.7 Å². The lowest BCUT2D eigenvalue weighted by molar-refractivity contribution is 0.102. The molecule has 0 saturated heterocycles. The summed E-state index contributed by atoms with van der Waals surface area (Å²) in [6.45, 7) is 0. The summed E-state index contributed by atoms with van der Waals surface area (Å²) in [6.07, 6.45) is 0. The van der Waals surface area contributed by atoms with Gasteiger partial charge in [-0.15, -0.1) is 0 Å². The number of ether oxygens (including phenoxy) is 1. The van der Waals surface area contributed by atoms with Gasteiger partial charge in [-0.25, -0.2) is 0 Å². The number of nitrogens with one attached hydrogen (secondary N) is 2. The van der Waals surface area contributed by atoms with E-state index in [1.54, 1.807) is 55.6 Å². The van der Waals surface area contributed by atoms with Gasteiger partial charge in [-0.1, -0.05) is 23.7 Å². The van der Waals surface area contributed by atoms with E-state index in [0.717, 1.165) is 0 Å². The molecule has 28 heavy (non-hydrogen) atoms. The Morgan fingerprint density at radius 3 is 2.29 bits per heavy atom. The van der Waals surface area contributed by atoms with Gasteiger partial charge in [0, 0.05) is 10.6 Å². The molecule has 0 atom stereocenters. The zero-order valence-corrected chi connectivity index (χ0v) is 15.7. The Kier molecular flexibility index (Phi) is 5.81. The van der Waals surface area contributed by atoms with Crippen LogP contribution in [0.4, 0.5) is 11.4 Å². The number of hydrogen-bond donors (Lipinski definition) is 3. The van der Waals surface area contributed by atoms with Crippen molar-refractivity contribution in [2.75, 3.05) is 17.7 Å². The number of amides is 2. The lowest BCUT2D eigenvalue weighted by Crippen LogP contribution is -2.18. The number of para-hydroxylation sites is 1. The number of halogens is 1. The molecule has 0 saturated carbocycles. The number of methoxy groups -OCH3 is 1. The third-order valence-corrected chi connectivity index (χ3v) is 4.21. The Bertz CT molecular complexity index is 1020. The lowest BCUT2D eigenvalue weighted by Gasteiger charge is -2.12. The Morgan fingerprint density at radius 1 is 0.893 bits per heavy atom. The Hall–Kier alpha value is -3.51. The highest BCUT2D eigenvalue weighted by molar-refractivity contribution is 6.31. The Balaban J connectivity index is 1.81. The summed E-state index contributed by atoms with van der Waals surface area (Å²) >= 11 is 5.91. The fraction of sp³-hybridized carbons (Fsp3) is 0.0476. The lowest BCUT2D eigenvalue weighted by atomic mass is 10.1. The predicted octanol–water partition coefficient (Wildman–Crippen LogP) is 4.56. The summed E-state index contributed by atoms with van der Waals surface area (Å²) in [4.78, 5) is 25.2. The quantitative estimate of drug-likeness (QED) is 0.552.